The van der Waals surface area contributed by atoms with E-state index in [1.165, 1.54) is 18.4 Å². The van der Waals surface area contributed by atoms with Gasteiger partial charge in [0, 0.05) is 0 Å². The molecule has 3 N–H and O–H groups in total. The van der Waals surface area contributed by atoms with E-state index in [4.69, 9.17) is 21.8 Å². The molecule has 3 rings (SSSR count). The molecule has 0 aliphatic heterocycles. The van der Waals surface area contributed by atoms with E-state index < -0.39 is 0 Å². The monoisotopic (exact) mass is 277 g/mol. The third-order valence-electron chi connectivity index (χ3n) is 2.81. The predicted molar refractivity (Wildman–Crippen MR) is 71.1 cm³/mol. The summed E-state index contributed by atoms with van der Waals surface area (Å²) in [5.74, 6) is 0.00702. The number of halogens is 2. The van der Waals surface area contributed by atoms with Crippen LogP contribution in [0.4, 0.5) is 10.2 Å². The Kier molecular flexibility index (Phi) is 2.76. The molecule has 2 heterocycles. The molecule has 2 aromatic heterocycles. The molecule has 4 nitrogen and oxygen atoms in total. The zero-order chi connectivity index (χ0) is 13.4. The van der Waals surface area contributed by atoms with E-state index in [0.29, 0.717) is 22.6 Å². The molecule has 0 aliphatic rings. The lowest BCUT2D eigenvalue weighted by Crippen LogP contribution is -1.89. The largest absolute Gasteiger partial charge is 0.452 e. The minimum Gasteiger partial charge on any atom is -0.452 e. The van der Waals surface area contributed by atoms with E-state index in [-0.39, 0.29) is 11.0 Å². The second-order valence-electron chi connectivity index (χ2n) is 3.97. The van der Waals surface area contributed by atoms with Gasteiger partial charge in [0.2, 0.25) is 5.22 Å². The fourth-order valence-electron chi connectivity index (χ4n) is 1.93. The number of anilines is 1. The Morgan fingerprint density at radius 2 is 1.95 bits per heavy atom. The van der Waals surface area contributed by atoms with Gasteiger partial charge in [-0.05, 0) is 35.4 Å². The van der Waals surface area contributed by atoms with Crippen LogP contribution in [0.25, 0.3) is 22.4 Å². The lowest BCUT2D eigenvalue weighted by Gasteiger charge is -2.03. The zero-order valence-electron chi connectivity index (χ0n) is 9.65. The van der Waals surface area contributed by atoms with Gasteiger partial charge in [-0.3, -0.25) is 5.10 Å². The van der Waals surface area contributed by atoms with Crippen molar-refractivity contribution in [3.05, 3.63) is 47.6 Å². The number of nitrogens with one attached hydrogen (secondary N) is 1. The quantitative estimate of drug-likeness (QED) is 0.750. The van der Waals surface area contributed by atoms with Crippen LogP contribution in [0.15, 0.2) is 41.0 Å². The van der Waals surface area contributed by atoms with Crippen LogP contribution in [0.5, 0.6) is 0 Å². The second-order valence-corrected chi connectivity index (χ2v) is 4.32. The highest BCUT2D eigenvalue weighted by Gasteiger charge is 2.18. The maximum Gasteiger partial charge on any atom is 0.202 e. The Balaban J connectivity index is 2.19. The Morgan fingerprint density at radius 1 is 1.21 bits per heavy atom. The highest BCUT2D eigenvalue weighted by molar-refractivity contribution is 6.31. The minimum atomic E-state index is -0.311. The second kappa shape index (κ2) is 4.44. The molecule has 0 amide bonds. The number of furan rings is 1. The van der Waals surface area contributed by atoms with Gasteiger partial charge in [-0.2, -0.15) is 5.10 Å². The smallest absolute Gasteiger partial charge is 0.202 e. The van der Waals surface area contributed by atoms with Crippen molar-refractivity contribution >= 4 is 17.4 Å². The third-order valence-corrected chi connectivity index (χ3v) is 3.11. The minimum absolute atomic E-state index is 0.243. The van der Waals surface area contributed by atoms with Gasteiger partial charge < -0.3 is 10.2 Å². The number of nitrogen functional groups attached to an aromatic ring is 1. The van der Waals surface area contributed by atoms with Crippen molar-refractivity contribution in [3.63, 3.8) is 0 Å². The summed E-state index contributed by atoms with van der Waals surface area (Å²) in [6, 6.07) is 7.70. The molecule has 0 spiro atoms. The topological polar surface area (TPSA) is 67.8 Å². The van der Waals surface area contributed by atoms with Crippen LogP contribution >= 0.6 is 11.6 Å². The average Bonchev–Trinajstić information content (AvgIpc) is 2.97. The molecule has 0 fully saturated rings. The van der Waals surface area contributed by atoms with Crippen LogP contribution in [0.1, 0.15) is 0 Å². The van der Waals surface area contributed by atoms with Crippen LogP contribution in [0.3, 0.4) is 0 Å². The summed E-state index contributed by atoms with van der Waals surface area (Å²) in [6.45, 7) is 0. The first-order valence-corrected chi connectivity index (χ1v) is 5.88. The first kappa shape index (κ1) is 11.8. The molecule has 96 valence electrons. The van der Waals surface area contributed by atoms with Crippen molar-refractivity contribution in [2.45, 2.75) is 0 Å². The fourth-order valence-corrected chi connectivity index (χ4v) is 2.14. The van der Waals surface area contributed by atoms with E-state index in [1.54, 1.807) is 18.2 Å². The summed E-state index contributed by atoms with van der Waals surface area (Å²) in [5, 5.41) is 7.03. The summed E-state index contributed by atoms with van der Waals surface area (Å²) in [6.07, 6.45) is 1.48. The maximum atomic E-state index is 13.0. The van der Waals surface area contributed by atoms with E-state index in [9.17, 15) is 4.39 Å². The Bertz CT molecular complexity index is 718. The molecule has 0 aliphatic carbocycles. The number of benzene rings is 1. The first-order chi connectivity index (χ1) is 9.16. The lowest BCUT2D eigenvalue weighted by molar-refractivity contribution is 0.570. The van der Waals surface area contributed by atoms with Crippen molar-refractivity contribution in [2.75, 3.05) is 5.73 Å². The summed E-state index contributed by atoms with van der Waals surface area (Å²) >= 11 is 5.95. The zero-order valence-corrected chi connectivity index (χ0v) is 10.4. The van der Waals surface area contributed by atoms with Crippen molar-refractivity contribution in [1.82, 2.24) is 10.2 Å². The molecule has 0 bridgehead atoms. The van der Waals surface area contributed by atoms with Gasteiger partial charge in [-0.1, -0.05) is 12.1 Å². The summed E-state index contributed by atoms with van der Waals surface area (Å²) in [4.78, 5) is 0. The van der Waals surface area contributed by atoms with E-state index in [2.05, 4.69) is 10.2 Å². The molecule has 19 heavy (non-hydrogen) atoms. The molecule has 1 aromatic carbocycles. The number of hydrogen-bond acceptors (Lipinski definition) is 3. The number of hydrogen-bond donors (Lipinski definition) is 2. The van der Waals surface area contributed by atoms with Crippen LogP contribution in [0, 0.1) is 5.82 Å². The number of H-pyrrole nitrogens is 1. The molecular weight excluding hydrogens is 269 g/mol. The van der Waals surface area contributed by atoms with Crippen molar-refractivity contribution in [2.24, 2.45) is 0 Å². The van der Waals surface area contributed by atoms with Crippen molar-refractivity contribution in [1.29, 1.82) is 0 Å². The fraction of sp³-hybridized carbons (Fsp3) is 0. The number of rotatable bonds is 2. The lowest BCUT2D eigenvalue weighted by atomic mass is 10.0. The number of aromatic nitrogens is 2. The highest BCUT2D eigenvalue weighted by Crippen LogP contribution is 2.38. The van der Waals surface area contributed by atoms with Gasteiger partial charge in [0.25, 0.3) is 0 Å². The number of nitrogens with two attached hydrogens (primary N) is 1. The van der Waals surface area contributed by atoms with E-state index in [1.807, 2.05) is 0 Å². The molecular formula is C13H9ClFN3O. The van der Waals surface area contributed by atoms with Gasteiger partial charge in [0.1, 0.15) is 5.82 Å². The summed E-state index contributed by atoms with van der Waals surface area (Å²) < 4.78 is 18.0. The predicted octanol–water partition coefficient (Wildman–Crippen LogP) is 3.71. The van der Waals surface area contributed by atoms with Crippen molar-refractivity contribution in [3.8, 4) is 22.4 Å². The molecule has 0 saturated carbocycles. The molecule has 0 atom stereocenters. The van der Waals surface area contributed by atoms with E-state index in [0.717, 1.165) is 5.56 Å². The van der Waals surface area contributed by atoms with Crippen LogP contribution in [-0.2, 0) is 0 Å². The molecule has 0 saturated heterocycles. The third kappa shape index (κ3) is 1.98. The van der Waals surface area contributed by atoms with Gasteiger partial charge >= 0.3 is 0 Å². The van der Waals surface area contributed by atoms with Crippen LogP contribution in [-0.4, -0.2) is 10.2 Å². The highest BCUT2D eigenvalue weighted by atomic mass is 35.5. The molecule has 0 unspecified atom stereocenters. The first-order valence-electron chi connectivity index (χ1n) is 5.50. The SMILES string of the molecule is Nc1n[nH]c(-c2ccoc2Cl)c1-c1ccc(F)cc1. The van der Waals surface area contributed by atoms with Gasteiger partial charge in [-0.15, -0.1) is 0 Å². The van der Waals surface area contributed by atoms with Crippen LogP contribution in [0.2, 0.25) is 5.22 Å². The van der Waals surface area contributed by atoms with Crippen molar-refractivity contribution < 1.29 is 8.81 Å². The average molecular weight is 278 g/mol. The van der Waals surface area contributed by atoms with Gasteiger partial charge in [0.05, 0.1) is 23.1 Å². The summed E-state index contributed by atoms with van der Waals surface area (Å²) in [5.41, 5.74) is 8.58. The Morgan fingerprint density at radius 3 is 2.58 bits per heavy atom. The molecule has 3 aromatic rings. The standard InChI is InChI=1S/C13H9ClFN3O/c14-12-9(5-6-19-12)11-10(13(16)18-17-11)7-1-3-8(15)4-2-7/h1-6H,(H3,16,17,18). The van der Waals surface area contributed by atoms with Gasteiger partial charge in [0.15, 0.2) is 5.82 Å². The molecule has 0 radical (unpaired) electrons. The number of nitrogens with zero attached hydrogens (tertiary/aromatic N) is 1. The number of aromatic amines is 1. The summed E-state index contributed by atoms with van der Waals surface area (Å²) in [7, 11) is 0. The maximum absolute atomic E-state index is 13.0. The Hall–Kier alpha value is -2.27. The molecule has 6 heteroatoms. The van der Waals surface area contributed by atoms with E-state index >= 15 is 0 Å². The van der Waals surface area contributed by atoms with Crippen LogP contribution < -0.4 is 5.73 Å². The normalized spacial score (nSPS) is 10.8. The Labute approximate surface area is 113 Å². The van der Waals surface area contributed by atoms with Gasteiger partial charge in [-0.25, -0.2) is 4.39 Å².